The van der Waals surface area contributed by atoms with Gasteiger partial charge in [0.1, 0.15) is 5.82 Å². The van der Waals surface area contributed by atoms with Gasteiger partial charge in [0.05, 0.1) is 16.9 Å². The number of hydrogen-bond acceptors (Lipinski definition) is 7. The number of hydrogen-bond donors (Lipinski definition) is 1. The number of rotatable bonds is 3. The van der Waals surface area contributed by atoms with Gasteiger partial charge in [-0.25, -0.2) is 4.98 Å². The highest BCUT2D eigenvalue weighted by Crippen LogP contribution is 2.36. The van der Waals surface area contributed by atoms with Crippen LogP contribution in [0.4, 0.5) is 17.5 Å². The summed E-state index contributed by atoms with van der Waals surface area (Å²) >= 11 is 0. The summed E-state index contributed by atoms with van der Waals surface area (Å²) in [6.45, 7) is 1.93. The van der Waals surface area contributed by atoms with Crippen molar-refractivity contribution >= 4 is 17.5 Å². The van der Waals surface area contributed by atoms with E-state index in [0.717, 1.165) is 61.1 Å². The topological polar surface area (TPSA) is 84.7 Å². The molecule has 1 N–H and O–H groups in total. The van der Waals surface area contributed by atoms with Crippen LogP contribution in [-0.4, -0.2) is 43.3 Å². The minimum atomic E-state index is 0.639. The molecular formula is C23H22N8. The maximum Gasteiger partial charge on any atom is 0.227 e. The van der Waals surface area contributed by atoms with E-state index < -0.39 is 0 Å². The van der Waals surface area contributed by atoms with Crippen molar-refractivity contribution in [1.29, 1.82) is 0 Å². The average Bonchev–Trinajstić information content (AvgIpc) is 3.25. The van der Waals surface area contributed by atoms with Gasteiger partial charge in [-0.3, -0.25) is 0 Å². The third kappa shape index (κ3) is 3.30. The zero-order valence-electron chi connectivity index (χ0n) is 17.0. The van der Waals surface area contributed by atoms with Crippen molar-refractivity contribution in [2.24, 2.45) is 5.92 Å². The quantitative estimate of drug-likeness (QED) is 0.486. The van der Waals surface area contributed by atoms with Crippen LogP contribution >= 0.6 is 0 Å². The number of anilines is 3. The van der Waals surface area contributed by atoms with Gasteiger partial charge in [-0.2, -0.15) is 9.67 Å². The van der Waals surface area contributed by atoms with Gasteiger partial charge in [-0.15, -0.1) is 5.10 Å². The highest BCUT2D eigenvalue weighted by atomic mass is 15.5. The van der Waals surface area contributed by atoms with E-state index in [0.29, 0.717) is 11.7 Å². The van der Waals surface area contributed by atoms with Gasteiger partial charge in [-0.1, -0.05) is 42.5 Å². The number of aromatic nitrogens is 6. The zero-order chi connectivity index (χ0) is 20.6. The largest absolute Gasteiger partial charge is 0.341 e. The third-order valence-electron chi connectivity index (χ3n) is 6.14. The van der Waals surface area contributed by atoms with Gasteiger partial charge in [-0.05, 0) is 53.3 Å². The van der Waals surface area contributed by atoms with Crippen LogP contribution < -0.4 is 10.2 Å². The number of para-hydroxylation sites is 2. The van der Waals surface area contributed by atoms with E-state index in [1.54, 1.807) is 4.68 Å². The summed E-state index contributed by atoms with van der Waals surface area (Å²) in [7, 11) is 0. The Morgan fingerprint density at radius 3 is 2.65 bits per heavy atom. The molecule has 4 aromatic rings. The summed E-state index contributed by atoms with van der Waals surface area (Å²) in [5, 5.41) is 15.7. The van der Waals surface area contributed by atoms with Crippen molar-refractivity contribution in [3.05, 3.63) is 66.4 Å². The molecule has 1 saturated heterocycles. The molecule has 0 amide bonds. The number of tetrazole rings is 1. The first-order valence-corrected chi connectivity index (χ1v) is 10.7. The first-order valence-electron chi connectivity index (χ1n) is 10.7. The van der Waals surface area contributed by atoms with Crippen molar-refractivity contribution in [1.82, 2.24) is 30.2 Å². The fraction of sp³-hybridized carbons (Fsp3) is 0.261. The van der Waals surface area contributed by atoms with Gasteiger partial charge in [0, 0.05) is 19.3 Å². The average molecular weight is 410 g/mol. The van der Waals surface area contributed by atoms with Crippen molar-refractivity contribution in [2.45, 2.75) is 19.3 Å². The van der Waals surface area contributed by atoms with Gasteiger partial charge < -0.3 is 10.2 Å². The number of benzene rings is 2. The second-order valence-electron chi connectivity index (χ2n) is 8.11. The predicted molar refractivity (Wildman–Crippen MR) is 119 cm³/mol. The lowest BCUT2D eigenvalue weighted by Crippen LogP contribution is -2.35. The Hall–Kier alpha value is -3.81. The predicted octanol–water partition coefficient (Wildman–Crippen LogP) is 3.64. The van der Waals surface area contributed by atoms with Crippen LogP contribution in [0.15, 0.2) is 60.8 Å². The Balaban J connectivity index is 1.25. The lowest BCUT2D eigenvalue weighted by atomic mass is 9.90. The molecule has 0 unspecified atom stereocenters. The smallest absolute Gasteiger partial charge is 0.227 e. The molecule has 0 aliphatic carbocycles. The van der Waals surface area contributed by atoms with E-state index in [1.807, 2.05) is 30.5 Å². The Kier molecular flexibility index (Phi) is 4.33. The van der Waals surface area contributed by atoms with Crippen molar-refractivity contribution < 1.29 is 0 Å². The fourth-order valence-electron chi connectivity index (χ4n) is 4.48. The van der Waals surface area contributed by atoms with Crippen molar-refractivity contribution in [2.75, 3.05) is 23.3 Å². The standard InChI is InChI=1S/C23H22N8/c1-2-6-16(7-3-1)14-17-10-12-30(13-11-17)23-24-15-18-21(26-23)25-19-8-4-5-9-20(19)31-22(18)27-28-29-31/h1-9,15,17H,10-14H2,(H,24,25,26). The van der Waals surface area contributed by atoms with Crippen LogP contribution in [-0.2, 0) is 6.42 Å². The molecule has 0 spiro atoms. The van der Waals surface area contributed by atoms with Crippen LogP contribution in [0.5, 0.6) is 0 Å². The molecule has 6 rings (SSSR count). The van der Waals surface area contributed by atoms with E-state index >= 15 is 0 Å². The van der Waals surface area contributed by atoms with E-state index in [2.05, 4.69) is 61.1 Å². The lowest BCUT2D eigenvalue weighted by Gasteiger charge is -2.32. The van der Waals surface area contributed by atoms with Crippen LogP contribution in [0.2, 0.25) is 0 Å². The summed E-state index contributed by atoms with van der Waals surface area (Å²) in [4.78, 5) is 11.8. The van der Waals surface area contributed by atoms with Gasteiger partial charge in [0.2, 0.25) is 5.95 Å². The summed E-state index contributed by atoms with van der Waals surface area (Å²) in [5.74, 6) is 2.83. The highest BCUT2D eigenvalue weighted by Gasteiger charge is 2.26. The molecule has 0 radical (unpaired) electrons. The van der Waals surface area contributed by atoms with E-state index in [4.69, 9.17) is 4.98 Å². The molecule has 154 valence electrons. The Morgan fingerprint density at radius 2 is 1.77 bits per heavy atom. The van der Waals surface area contributed by atoms with Crippen molar-refractivity contribution in [3.63, 3.8) is 0 Å². The SMILES string of the molecule is c1ccc(CC2CCN(c3ncc4c(n3)Nc3ccccc3-n3nnnc3-4)CC2)cc1. The maximum atomic E-state index is 4.88. The molecule has 0 atom stereocenters. The second kappa shape index (κ2) is 7.46. The van der Waals surface area contributed by atoms with E-state index in [1.165, 1.54) is 5.56 Å². The van der Waals surface area contributed by atoms with Gasteiger partial charge in [0.15, 0.2) is 5.82 Å². The second-order valence-corrected chi connectivity index (χ2v) is 8.11. The minimum Gasteiger partial charge on any atom is -0.341 e. The molecule has 0 bridgehead atoms. The summed E-state index contributed by atoms with van der Waals surface area (Å²) in [6, 6.07) is 18.7. The first kappa shape index (κ1) is 18.0. The van der Waals surface area contributed by atoms with Gasteiger partial charge >= 0.3 is 0 Å². The Morgan fingerprint density at radius 1 is 0.968 bits per heavy atom. The fourth-order valence-corrected chi connectivity index (χ4v) is 4.48. The van der Waals surface area contributed by atoms with Crippen molar-refractivity contribution in [3.8, 4) is 17.1 Å². The zero-order valence-corrected chi connectivity index (χ0v) is 17.0. The summed E-state index contributed by atoms with van der Waals surface area (Å²) in [6.07, 6.45) is 5.25. The Labute approximate surface area is 180 Å². The van der Waals surface area contributed by atoms with E-state index in [9.17, 15) is 0 Å². The monoisotopic (exact) mass is 410 g/mol. The van der Waals surface area contributed by atoms with Crippen LogP contribution in [0, 0.1) is 5.92 Å². The highest BCUT2D eigenvalue weighted by molar-refractivity contribution is 5.81. The molecule has 4 heterocycles. The maximum absolute atomic E-state index is 4.88. The molecule has 2 aliphatic heterocycles. The summed E-state index contributed by atoms with van der Waals surface area (Å²) in [5.41, 5.74) is 4.02. The molecule has 2 aromatic carbocycles. The molecular weight excluding hydrogens is 388 g/mol. The normalized spacial score (nSPS) is 15.4. The Bertz CT molecular complexity index is 1210. The molecule has 2 aromatic heterocycles. The van der Waals surface area contributed by atoms with E-state index in [-0.39, 0.29) is 0 Å². The van der Waals surface area contributed by atoms with Crippen LogP contribution in [0.1, 0.15) is 18.4 Å². The summed E-state index contributed by atoms with van der Waals surface area (Å²) < 4.78 is 1.73. The van der Waals surface area contributed by atoms with Gasteiger partial charge in [0.25, 0.3) is 0 Å². The third-order valence-corrected chi connectivity index (χ3v) is 6.14. The van der Waals surface area contributed by atoms with Crippen LogP contribution in [0.25, 0.3) is 17.1 Å². The number of nitrogens with zero attached hydrogens (tertiary/aromatic N) is 7. The molecule has 31 heavy (non-hydrogen) atoms. The molecule has 0 saturated carbocycles. The number of nitrogens with one attached hydrogen (secondary N) is 1. The first-order chi connectivity index (χ1) is 15.3. The minimum absolute atomic E-state index is 0.639. The molecule has 1 fully saturated rings. The molecule has 8 nitrogen and oxygen atoms in total. The molecule has 2 aliphatic rings. The lowest BCUT2D eigenvalue weighted by molar-refractivity contribution is 0.400. The van der Waals surface area contributed by atoms with Crippen LogP contribution in [0.3, 0.4) is 0 Å². The number of piperidine rings is 1. The molecule has 8 heteroatoms. The number of fused-ring (bicyclic) bond motifs is 5.